The number of aryl methyl sites for hydroxylation is 3. The van der Waals surface area contributed by atoms with Gasteiger partial charge in [0, 0.05) is 17.7 Å². The first-order chi connectivity index (χ1) is 15.5. The van der Waals surface area contributed by atoms with Gasteiger partial charge in [-0.15, -0.1) is 0 Å². The summed E-state index contributed by atoms with van der Waals surface area (Å²) < 4.78 is 18.4. The van der Waals surface area contributed by atoms with Gasteiger partial charge in [0.15, 0.2) is 5.52 Å². The van der Waals surface area contributed by atoms with Crippen LogP contribution in [0.4, 0.5) is 0 Å². The summed E-state index contributed by atoms with van der Waals surface area (Å²) in [4.78, 5) is 13.5. The van der Waals surface area contributed by atoms with E-state index in [0.29, 0.717) is 54.8 Å². The van der Waals surface area contributed by atoms with Crippen molar-refractivity contribution in [3.05, 3.63) is 46.5 Å². The molecule has 0 N–H and O–H groups in total. The highest BCUT2D eigenvalue weighted by atomic mass is 31.1. The number of benzene rings is 2. The molecule has 1 atom stereocenters. The molecule has 0 spiro atoms. The number of hydrogen-bond acceptors (Lipinski definition) is 4. The Morgan fingerprint density at radius 2 is 1.15 bits per heavy atom. The average molecular weight is 473 g/mol. The molecule has 0 bridgehead atoms. The Labute approximate surface area is 202 Å². The topological polar surface area (TPSA) is 44.8 Å². The van der Waals surface area contributed by atoms with Crippen molar-refractivity contribution in [3.63, 3.8) is 0 Å². The van der Waals surface area contributed by atoms with E-state index in [4.69, 9.17) is 14.2 Å². The van der Waals surface area contributed by atoms with Crippen LogP contribution < -0.4 is 19.5 Å². The molecule has 1 unspecified atom stereocenters. The third kappa shape index (κ3) is 8.34. The van der Waals surface area contributed by atoms with E-state index in [1.54, 1.807) is 0 Å². The van der Waals surface area contributed by atoms with Gasteiger partial charge in [0.25, 0.3) is 0 Å². The predicted octanol–water partition coefficient (Wildman–Crippen LogP) is 6.86. The van der Waals surface area contributed by atoms with Gasteiger partial charge in [0.1, 0.15) is 17.2 Å². The van der Waals surface area contributed by atoms with Gasteiger partial charge in [0.05, 0.1) is 25.1 Å². The van der Waals surface area contributed by atoms with Crippen LogP contribution in [0.15, 0.2) is 24.3 Å². The van der Waals surface area contributed by atoms with Gasteiger partial charge in [-0.3, -0.25) is 4.79 Å². The van der Waals surface area contributed by atoms with Crippen LogP contribution in [0.2, 0.25) is 0 Å². The van der Waals surface area contributed by atoms with Crippen LogP contribution in [-0.4, -0.2) is 25.3 Å². The third-order valence-electron chi connectivity index (χ3n) is 4.91. The lowest BCUT2D eigenvalue weighted by molar-refractivity contribution is 0.108. The van der Waals surface area contributed by atoms with Crippen LogP contribution in [0.3, 0.4) is 0 Å². The fraction of sp³-hybridized carbons (Fsp3) is 0.536. The van der Waals surface area contributed by atoms with Crippen molar-refractivity contribution < 1.29 is 19.0 Å². The fourth-order valence-corrected chi connectivity index (χ4v) is 4.77. The molecule has 0 saturated carbocycles. The highest BCUT2D eigenvalue weighted by Crippen LogP contribution is 2.36. The van der Waals surface area contributed by atoms with Gasteiger partial charge < -0.3 is 14.2 Å². The number of carbonyl (C=O) groups excluding carboxylic acids is 1. The molecule has 2 aromatic carbocycles. The van der Waals surface area contributed by atoms with Gasteiger partial charge in [-0.05, 0) is 58.2 Å². The van der Waals surface area contributed by atoms with Crippen molar-refractivity contribution in [3.8, 4) is 17.2 Å². The largest absolute Gasteiger partial charge is 0.493 e. The maximum Gasteiger partial charge on any atom is 0.186 e. The molecule has 0 aliphatic heterocycles. The standard InChI is InChI=1S/C28H41O4P/c1-17(2)14-30-23-12-24(31-15-18(3)4)27(25(13-23)32-16-19(5)6)33-28(29)26-21(8)10-20(7)11-22(26)9/h10-13,17-19,33H,14-16H2,1-9H3. The molecule has 33 heavy (non-hydrogen) atoms. The van der Waals surface area contributed by atoms with Crippen LogP contribution in [0.25, 0.3) is 0 Å². The van der Waals surface area contributed by atoms with Gasteiger partial charge >= 0.3 is 0 Å². The Balaban J connectivity index is 2.51. The minimum absolute atomic E-state index is 0.101. The Bertz CT molecular complexity index is 891. The molecule has 0 heterocycles. The Kier molecular flexibility index (Phi) is 10.2. The second kappa shape index (κ2) is 12.4. The summed E-state index contributed by atoms with van der Waals surface area (Å²) in [5, 5.41) is 0.817. The van der Waals surface area contributed by atoms with Crippen LogP contribution in [-0.2, 0) is 0 Å². The highest BCUT2D eigenvalue weighted by molar-refractivity contribution is 7.66. The first kappa shape index (κ1) is 27.2. The van der Waals surface area contributed by atoms with E-state index in [2.05, 4.69) is 60.6 Å². The quantitative estimate of drug-likeness (QED) is 0.317. The lowest BCUT2D eigenvalue weighted by Gasteiger charge is -2.20. The normalized spacial score (nSPS) is 11.8. The zero-order chi connectivity index (χ0) is 24.7. The lowest BCUT2D eigenvalue weighted by atomic mass is 10.0. The molecule has 182 valence electrons. The van der Waals surface area contributed by atoms with Gasteiger partial charge in [-0.1, -0.05) is 59.2 Å². The number of carbonyl (C=O) groups is 1. The molecule has 0 aliphatic carbocycles. The molecule has 0 aliphatic rings. The van der Waals surface area contributed by atoms with E-state index in [1.165, 1.54) is 5.56 Å². The number of hydrogen-bond donors (Lipinski definition) is 0. The van der Waals surface area contributed by atoms with Gasteiger partial charge in [-0.2, -0.15) is 0 Å². The van der Waals surface area contributed by atoms with Crippen molar-refractivity contribution in [2.75, 3.05) is 19.8 Å². The third-order valence-corrected chi connectivity index (χ3v) is 6.13. The van der Waals surface area contributed by atoms with E-state index in [0.717, 1.165) is 22.0 Å². The molecule has 0 aromatic heterocycles. The Morgan fingerprint density at radius 1 is 0.727 bits per heavy atom. The fourth-order valence-electron chi connectivity index (χ4n) is 3.49. The van der Waals surface area contributed by atoms with E-state index in [9.17, 15) is 4.79 Å². The smallest absolute Gasteiger partial charge is 0.186 e. The highest BCUT2D eigenvalue weighted by Gasteiger charge is 2.22. The van der Waals surface area contributed by atoms with E-state index in [-0.39, 0.29) is 14.1 Å². The van der Waals surface area contributed by atoms with Crippen molar-refractivity contribution in [1.82, 2.24) is 0 Å². The minimum atomic E-state index is -0.101. The average Bonchev–Trinajstić information content (AvgIpc) is 2.69. The summed E-state index contributed by atoms with van der Waals surface area (Å²) in [6.45, 7) is 20.5. The summed E-state index contributed by atoms with van der Waals surface area (Å²) in [5.74, 6) is 3.19. The second-order valence-corrected chi connectivity index (χ2v) is 11.3. The first-order valence-electron chi connectivity index (χ1n) is 11.9. The zero-order valence-electron chi connectivity index (χ0n) is 21.8. The van der Waals surface area contributed by atoms with Crippen LogP contribution >= 0.6 is 8.58 Å². The molecular formula is C28H41O4P. The number of ether oxygens (including phenoxy) is 3. The van der Waals surface area contributed by atoms with Crippen molar-refractivity contribution >= 4 is 19.4 Å². The summed E-state index contributed by atoms with van der Waals surface area (Å²) in [6.07, 6.45) is 0. The summed E-state index contributed by atoms with van der Waals surface area (Å²) in [6, 6.07) is 7.97. The molecule has 0 amide bonds. The molecule has 5 heteroatoms. The number of rotatable bonds is 12. The zero-order valence-corrected chi connectivity index (χ0v) is 22.8. The van der Waals surface area contributed by atoms with Gasteiger partial charge in [-0.25, -0.2) is 0 Å². The first-order valence-corrected chi connectivity index (χ1v) is 12.9. The van der Waals surface area contributed by atoms with E-state index >= 15 is 0 Å². The van der Waals surface area contributed by atoms with E-state index < -0.39 is 0 Å². The lowest BCUT2D eigenvalue weighted by Crippen LogP contribution is -2.17. The second-order valence-electron chi connectivity index (χ2n) is 10.1. The molecule has 2 rings (SSSR count). The molecule has 2 aromatic rings. The summed E-state index contributed by atoms with van der Waals surface area (Å²) in [7, 11) is -0.101. The minimum Gasteiger partial charge on any atom is -0.493 e. The van der Waals surface area contributed by atoms with Crippen molar-refractivity contribution in [2.45, 2.75) is 62.3 Å². The summed E-state index contributed by atoms with van der Waals surface area (Å²) in [5.41, 5.74) is 4.08. The maximum absolute atomic E-state index is 13.5. The van der Waals surface area contributed by atoms with Crippen molar-refractivity contribution in [2.24, 2.45) is 17.8 Å². The Morgan fingerprint density at radius 3 is 1.58 bits per heavy atom. The van der Waals surface area contributed by atoms with Crippen molar-refractivity contribution in [1.29, 1.82) is 0 Å². The molecule has 0 fully saturated rings. The van der Waals surface area contributed by atoms with Gasteiger partial charge in [0.2, 0.25) is 0 Å². The Hall–Kier alpha value is -2.06. The molecule has 0 saturated heterocycles. The van der Waals surface area contributed by atoms with Crippen LogP contribution in [0.5, 0.6) is 17.2 Å². The van der Waals surface area contributed by atoms with Crippen LogP contribution in [0.1, 0.15) is 68.6 Å². The SMILES string of the molecule is Cc1cc(C)c(C(=O)Pc2c(OCC(C)C)cc(OCC(C)C)cc2OCC(C)C)c(C)c1. The molecule has 4 nitrogen and oxygen atoms in total. The summed E-state index contributed by atoms with van der Waals surface area (Å²) >= 11 is 0. The maximum atomic E-state index is 13.5. The monoisotopic (exact) mass is 472 g/mol. The van der Waals surface area contributed by atoms with Crippen LogP contribution in [0, 0.1) is 38.5 Å². The molecule has 0 radical (unpaired) electrons. The van der Waals surface area contributed by atoms with E-state index in [1.807, 2.05) is 26.0 Å². The molecular weight excluding hydrogens is 431 g/mol. The predicted molar refractivity (Wildman–Crippen MR) is 140 cm³/mol.